The van der Waals surface area contributed by atoms with Gasteiger partial charge in [-0.15, -0.1) is 0 Å². The van der Waals surface area contributed by atoms with E-state index >= 15 is 0 Å². The number of nitrogens with zero attached hydrogens (tertiary/aromatic N) is 2. The van der Waals surface area contributed by atoms with Crippen LogP contribution in [0.4, 0.5) is 0 Å². The van der Waals surface area contributed by atoms with Crippen molar-refractivity contribution >= 4 is 5.91 Å². The molecule has 0 saturated heterocycles. The van der Waals surface area contributed by atoms with Crippen LogP contribution in [0, 0.1) is 6.92 Å². The van der Waals surface area contributed by atoms with Crippen molar-refractivity contribution in [2.24, 2.45) is 7.05 Å². The van der Waals surface area contributed by atoms with E-state index in [9.17, 15) is 4.79 Å². The molecule has 1 aliphatic rings. The van der Waals surface area contributed by atoms with E-state index < -0.39 is 0 Å². The van der Waals surface area contributed by atoms with Gasteiger partial charge in [0.2, 0.25) is 6.79 Å². The zero-order valence-electron chi connectivity index (χ0n) is 14.6. The van der Waals surface area contributed by atoms with Crippen LogP contribution in [0.5, 0.6) is 11.5 Å². The van der Waals surface area contributed by atoms with Crippen LogP contribution in [0.2, 0.25) is 0 Å². The minimum atomic E-state index is -0.353. The van der Waals surface area contributed by atoms with Crippen molar-refractivity contribution in [1.82, 2.24) is 14.9 Å². The molecule has 0 saturated carbocycles. The standard InChI is InChI=1S/C20H19N3O3/c1-13-3-5-14(6-4-13)18(19-21-9-10-23(19)2)22-20(24)15-7-8-16-17(11-15)26-12-25-16/h3-11,18H,12H2,1-2H3,(H,22,24). The number of amides is 1. The van der Waals surface area contributed by atoms with E-state index in [0.29, 0.717) is 17.1 Å². The van der Waals surface area contributed by atoms with Gasteiger partial charge < -0.3 is 19.4 Å². The lowest BCUT2D eigenvalue weighted by atomic mass is 10.0. The molecule has 0 fully saturated rings. The number of aromatic nitrogens is 2. The Kier molecular flexibility index (Phi) is 4.08. The molecule has 1 aromatic heterocycles. The number of carbonyl (C=O) groups is 1. The molecule has 132 valence electrons. The van der Waals surface area contributed by atoms with Gasteiger partial charge >= 0.3 is 0 Å². The highest BCUT2D eigenvalue weighted by molar-refractivity contribution is 5.95. The van der Waals surface area contributed by atoms with Crippen molar-refractivity contribution in [2.45, 2.75) is 13.0 Å². The van der Waals surface area contributed by atoms with E-state index in [1.165, 1.54) is 0 Å². The first-order chi connectivity index (χ1) is 12.6. The van der Waals surface area contributed by atoms with Gasteiger partial charge in [0.05, 0.1) is 0 Å². The van der Waals surface area contributed by atoms with Crippen molar-refractivity contribution in [3.63, 3.8) is 0 Å². The smallest absolute Gasteiger partial charge is 0.252 e. The van der Waals surface area contributed by atoms with Crippen LogP contribution in [-0.2, 0) is 7.05 Å². The lowest BCUT2D eigenvalue weighted by Gasteiger charge is -2.19. The summed E-state index contributed by atoms with van der Waals surface area (Å²) in [4.78, 5) is 17.3. The Morgan fingerprint density at radius 2 is 1.92 bits per heavy atom. The van der Waals surface area contributed by atoms with Crippen LogP contribution in [0.15, 0.2) is 54.9 Å². The fraction of sp³-hybridized carbons (Fsp3) is 0.200. The number of hydrogen-bond acceptors (Lipinski definition) is 4. The number of ether oxygens (including phenoxy) is 2. The third-order valence-corrected chi connectivity index (χ3v) is 4.44. The Morgan fingerprint density at radius 1 is 1.15 bits per heavy atom. The highest BCUT2D eigenvalue weighted by Crippen LogP contribution is 2.32. The molecule has 0 aliphatic carbocycles. The van der Waals surface area contributed by atoms with Crippen LogP contribution in [0.25, 0.3) is 0 Å². The SMILES string of the molecule is Cc1ccc(C(NC(=O)c2ccc3c(c2)OCO3)c2nccn2C)cc1. The second-order valence-electron chi connectivity index (χ2n) is 6.28. The second kappa shape index (κ2) is 6.55. The predicted octanol–water partition coefficient (Wildman–Crippen LogP) is 2.98. The van der Waals surface area contributed by atoms with Gasteiger partial charge in [-0.25, -0.2) is 4.98 Å². The number of imidazole rings is 1. The highest BCUT2D eigenvalue weighted by Gasteiger charge is 2.23. The molecule has 0 bridgehead atoms. The minimum Gasteiger partial charge on any atom is -0.454 e. The van der Waals surface area contributed by atoms with Gasteiger partial charge in [-0.1, -0.05) is 29.8 Å². The summed E-state index contributed by atoms with van der Waals surface area (Å²) in [6.45, 7) is 2.21. The van der Waals surface area contributed by atoms with Gasteiger partial charge in [0.25, 0.3) is 5.91 Å². The van der Waals surface area contributed by atoms with Crippen LogP contribution in [0.1, 0.15) is 33.4 Å². The normalized spacial score (nSPS) is 13.5. The summed E-state index contributed by atoms with van der Waals surface area (Å²) < 4.78 is 12.6. The molecule has 2 heterocycles. The zero-order chi connectivity index (χ0) is 18.1. The molecule has 26 heavy (non-hydrogen) atoms. The molecule has 6 nitrogen and oxygen atoms in total. The van der Waals surface area contributed by atoms with Crippen molar-refractivity contribution in [2.75, 3.05) is 6.79 Å². The lowest BCUT2D eigenvalue weighted by molar-refractivity contribution is 0.0940. The summed E-state index contributed by atoms with van der Waals surface area (Å²) in [5.41, 5.74) is 2.65. The Morgan fingerprint density at radius 3 is 2.65 bits per heavy atom. The maximum atomic E-state index is 12.9. The van der Waals surface area contributed by atoms with Crippen molar-refractivity contribution in [3.8, 4) is 11.5 Å². The van der Waals surface area contributed by atoms with Crippen LogP contribution >= 0.6 is 0 Å². The number of rotatable bonds is 4. The minimum absolute atomic E-state index is 0.180. The number of benzene rings is 2. The molecule has 1 unspecified atom stereocenters. The van der Waals surface area contributed by atoms with E-state index in [1.807, 2.05) is 49.0 Å². The molecule has 3 aromatic rings. The first-order valence-corrected chi connectivity index (χ1v) is 8.36. The summed E-state index contributed by atoms with van der Waals surface area (Å²) in [7, 11) is 1.91. The fourth-order valence-electron chi connectivity index (χ4n) is 2.96. The predicted molar refractivity (Wildman–Crippen MR) is 96.3 cm³/mol. The van der Waals surface area contributed by atoms with Crippen LogP contribution in [-0.4, -0.2) is 22.3 Å². The van der Waals surface area contributed by atoms with E-state index in [-0.39, 0.29) is 18.7 Å². The number of fused-ring (bicyclic) bond motifs is 1. The summed E-state index contributed by atoms with van der Waals surface area (Å²) in [6.07, 6.45) is 3.59. The number of aryl methyl sites for hydroxylation is 2. The van der Waals surface area contributed by atoms with Crippen LogP contribution < -0.4 is 14.8 Å². The molecule has 4 rings (SSSR count). The van der Waals surface area contributed by atoms with E-state index in [1.54, 1.807) is 24.4 Å². The Labute approximate surface area is 151 Å². The number of hydrogen-bond donors (Lipinski definition) is 1. The van der Waals surface area contributed by atoms with Crippen LogP contribution in [0.3, 0.4) is 0 Å². The fourth-order valence-corrected chi connectivity index (χ4v) is 2.96. The van der Waals surface area contributed by atoms with Gasteiger partial charge in [-0.3, -0.25) is 4.79 Å². The van der Waals surface area contributed by atoms with E-state index in [2.05, 4.69) is 10.3 Å². The first-order valence-electron chi connectivity index (χ1n) is 8.36. The maximum Gasteiger partial charge on any atom is 0.252 e. The van der Waals surface area contributed by atoms with Gasteiger partial charge in [0, 0.05) is 25.0 Å². The lowest BCUT2D eigenvalue weighted by Crippen LogP contribution is -2.31. The summed E-state index contributed by atoms with van der Waals surface area (Å²) in [6, 6.07) is 12.9. The average Bonchev–Trinajstić information content (AvgIpc) is 3.28. The average molecular weight is 349 g/mol. The molecular weight excluding hydrogens is 330 g/mol. The largest absolute Gasteiger partial charge is 0.454 e. The molecule has 0 spiro atoms. The molecule has 1 N–H and O–H groups in total. The Balaban J connectivity index is 1.65. The van der Waals surface area contributed by atoms with Crippen molar-refractivity contribution in [1.29, 1.82) is 0 Å². The van der Waals surface area contributed by atoms with E-state index in [4.69, 9.17) is 9.47 Å². The molecular formula is C20H19N3O3. The first kappa shape index (κ1) is 16.2. The maximum absolute atomic E-state index is 12.9. The second-order valence-corrected chi connectivity index (χ2v) is 6.28. The van der Waals surface area contributed by atoms with Gasteiger partial charge in [0.15, 0.2) is 11.5 Å². The molecule has 6 heteroatoms. The Bertz CT molecular complexity index is 947. The third-order valence-electron chi connectivity index (χ3n) is 4.44. The van der Waals surface area contributed by atoms with Crippen molar-refractivity contribution in [3.05, 3.63) is 77.4 Å². The third kappa shape index (κ3) is 3.01. The number of nitrogens with one attached hydrogen (secondary N) is 1. The summed E-state index contributed by atoms with van der Waals surface area (Å²) >= 11 is 0. The summed E-state index contributed by atoms with van der Waals surface area (Å²) in [5.74, 6) is 1.81. The highest BCUT2D eigenvalue weighted by atomic mass is 16.7. The molecule has 1 atom stereocenters. The molecule has 1 amide bonds. The van der Waals surface area contributed by atoms with E-state index in [0.717, 1.165) is 17.0 Å². The van der Waals surface area contributed by atoms with Crippen molar-refractivity contribution < 1.29 is 14.3 Å². The van der Waals surface area contributed by atoms with Gasteiger partial charge in [-0.05, 0) is 30.7 Å². The van der Waals surface area contributed by atoms with Gasteiger partial charge in [-0.2, -0.15) is 0 Å². The summed E-state index contributed by atoms with van der Waals surface area (Å²) in [5, 5.41) is 3.08. The molecule has 1 aliphatic heterocycles. The quantitative estimate of drug-likeness (QED) is 0.786. The van der Waals surface area contributed by atoms with Gasteiger partial charge in [0.1, 0.15) is 11.9 Å². The molecule has 0 radical (unpaired) electrons. The molecule has 2 aromatic carbocycles. The Hall–Kier alpha value is -3.28. The topological polar surface area (TPSA) is 65.4 Å². The number of carbonyl (C=O) groups excluding carboxylic acids is 1. The monoisotopic (exact) mass is 349 g/mol. The zero-order valence-corrected chi connectivity index (χ0v) is 14.6.